The summed E-state index contributed by atoms with van der Waals surface area (Å²) in [7, 11) is 4.75. The molecule has 0 fully saturated rings. The number of nitrogens with zero attached hydrogens (tertiary/aromatic N) is 5. The van der Waals surface area contributed by atoms with Crippen molar-refractivity contribution in [3.8, 4) is 17.1 Å². The number of aromatic nitrogens is 4. The third kappa shape index (κ3) is 3.53. The molecule has 0 N–H and O–H groups in total. The zero-order valence-electron chi connectivity index (χ0n) is 18.5. The Labute approximate surface area is 183 Å². The first-order valence-corrected chi connectivity index (χ1v) is 10.2. The molecular formula is C22H24F3N5O2. The minimum Gasteiger partial charge on any atom is -0.497 e. The van der Waals surface area contributed by atoms with Gasteiger partial charge in [-0.2, -0.15) is 23.4 Å². The summed E-state index contributed by atoms with van der Waals surface area (Å²) in [6.07, 6.45) is -4.04. The average molecular weight is 447 g/mol. The molecule has 170 valence electrons. The summed E-state index contributed by atoms with van der Waals surface area (Å²) in [6, 6.07) is 6.02. The van der Waals surface area contributed by atoms with Gasteiger partial charge in [0.1, 0.15) is 5.75 Å². The minimum atomic E-state index is -4.53. The number of halogens is 3. The highest BCUT2D eigenvalue weighted by Gasteiger charge is 2.37. The Kier molecular flexibility index (Phi) is 5.26. The van der Waals surface area contributed by atoms with Crippen LogP contribution in [-0.2, 0) is 26.7 Å². The number of aryl methyl sites for hydroxylation is 3. The van der Waals surface area contributed by atoms with Gasteiger partial charge in [0, 0.05) is 31.8 Å². The lowest BCUT2D eigenvalue weighted by Gasteiger charge is -2.33. The fourth-order valence-corrected chi connectivity index (χ4v) is 4.33. The molecule has 1 amide bonds. The molecule has 4 rings (SSSR count). The molecule has 0 aliphatic carbocycles. The minimum absolute atomic E-state index is 0.115. The smallest absolute Gasteiger partial charge is 0.435 e. The normalized spacial score (nSPS) is 16.2. The maximum absolute atomic E-state index is 13.3. The van der Waals surface area contributed by atoms with Gasteiger partial charge in [0.25, 0.3) is 5.91 Å². The molecule has 32 heavy (non-hydrogen) atoms. The van der Waals surface area contributed by atoms with Crippen molar-refractivity contribution in [2.75, 3.05) is 13.7 Å². The van der Waals surface area contributed by atoms with Crippen LogP contribution in [0, 0.1) is 6.92 Å². The Hall–Kier alpha value is -3.30. The maximum Gasteiger partial charge on any atom is 0.435 e. The van der Waals surface area contributed by atoms with Gasteiger partial charge in [-0.25, -0.2) is 0 Å². The van der Waals surface area contributed by atoms with E-state index < -0.39 is 11.9 Å². The Bertz CT molecular complexity index is 1200. The van der Waals surface area contributed by atoms with Crippen molar-refractivity contribution in [3.63, 3.8) is 0 Å². The van der Waals surface area contributed by atoms with Crippen molar-refractivity contribution in [2.24, 2.45) is 14.1 Å². The molecular weight excluding hydrogens is 423 g/mol. The summed E-state index contributed by atoms with van der Waals surface area (Å²) < 4.78 is 47.5. The summed E-state index contributed by atoms with van der Waals surface area (Å²) in [4.78, 5) is 15.0. The summed E-state index contributed by atoms with van der Waals surface area (Å²) in [5, 5.41) is 8.21. The van der Waals surface area contributed by atoms with Crippen LogP contribution in [0.25, 0.3) is 11.4 Å². The van der Waals surface area contributed by atoms with Gasteiger partial charge in [-0.05, 0) is 50.1 Å². The number of amides is 1. The number of alkyl halides is 3. The van der Waals surface area contributed by atoms with E-state index in [0.29, 0.717) is 41.4 Å². The summed E-state index contributed by atoms with van der Waals surface area (Å²) in [5.74, 6) is 0.562. The van der Waals surface area contributed by atoms with E-state index in [9.17, 15) is 18.0 Å². The molecule has 0 bridgehead atoms. The topological polar surface area (TPSA) is 65.2 Å². The first kappa shape index (κ1) is 21.9. The third-order valence-corrected chi connectivity index (χ3v) is 5.98. The van der Waals surface area contributed by atoms with Crippen LogP contribution in [0.2, 0.25) is 0 Å². The van der Waals surface area contributed by atoms with Crippen molar-refractivity contribution in [3.05, 3.63) is 52.3 Å². The van der Waals surface area contributed by atoms with Gasteiger partial charge < -0.3 is 9.64 Å². The number of hydrogen-bond donors (Lipinski definition) is 0. The highest BCUT2D eigenvalue weighted by Crippen LogP contribution is 2.38. The van der Waals surface area contributed by atoms with Gasteiger partial charge in [-0.15, -0.1) is 0 Å². The van der Waals surface area contributed by atoms with Gasteiger partial charge in [0.2, 0.25) is 0 Å². The Morgan fingerprint density at radius 1 is 1.16 bits per heavy atom. The molecule has 1 atom stereocenters. The monoisotopic (exact) mass is 447 g/mol. The highest BCUT2D eigenvalue weighted by atomic mass is 19.4. The Morgan fingerprint density at radius 2 is 1.88 bits per heavy atom. The van der Waals surface area contributed by atoms with E-state index >= 15 is 0 Å². The number of benzene rings is 1. The number of ether oxygens (including phenoxy) is 1. The number of fused-ring (bicyclic) bond motifs is 1. The number of hydrogen-bond acceptors (Lipinski definition) is 4. The first-order chi connectivity index (χ1) is 15.0. The van der Waals surface area contributed by atoms with Gasteiger partial charge in [0.15, 0.2) is 5.69 Å². The first-order valence-electron chi connectivity index (χ1n) is 10.2. The van der Waals surface area contributed by atoms with Gasteiger partial charge in [-0.3, -0.25) is 14.2 Å². The van der Waals surface area contributed by atoms with Crippen molar-refractivity contribution in [1.29, 1.82) is 0 Å². The number of carbonyl (C=O) groups is 1. The van der Waals surface area contributed by atoms with Crippen molar-refractivity contribution in [2.45, 2.75) is 32.5 Å². The second-order valence-corrected chi connectivity index (χ2v) is 7.98. The molecule has 0 unspecified atom stereocenters. The van der Waals surface area contributed by atoms with E-state index in [1.165, 1.54) is 11.7 Å². The summed E-state index contributed by atoms with van der Waals surface area (Å²) in [5.41, 5.74) is 2.90. The SMILES string of the molecule is COc1ccc(C(=O)N2CCc3c(nn(C)c3-c3cc(C(F)(F)F)nn3C)[C@@H]2C)c(C)c1. The summed E-state index contributed by atoms with van der Waals surface area (Å²) in [6.45, 7) is 4.17. The predicted octanol–water partition coefficient (Wildman–Crippen LogP) is 3.92. The predicted molar refractivity (Wildman–Crippen MR) is 111 cm³/mol. The fraction of sp³-hybridized carbons (Fsp3) is 0.409. The maximum atomic E-state index is 13.3. The number of carbonyl (C=O) groups excluding carboxylic acids is 1. The van der Waals surface area contributed by atoms with Crippen molar-refractivity contribution >= 4 is 5.91 Å². The molecule has 1 aliphatic rings. The average Bonchev–Trinajstić information content (AvgIpc) is 3.27. The van der Waals surface area contributed by atoms with Crippen molar-refractivity contribution in [1.82, 2.24) is 24.5 Å². The van der Waals surface area contributed by atoms with E-state index in [2.05, 4.69) is 10.2 Å². The van der Waals surface area contributed by atoms with E-state index in [1.54, 1.807) is 35.9 Å². The zero-order chi connectivity index (χ0) is 23.4. The Balaban J connectivity index is 1.69. The lowest BCUT2D eigenvalue weighted by atomic mass is 9.96. The molecule has 0 spiro atoms. The molecule has 2 aromatic heterocycles. The molecule has 0 radical (unpaired) electrons. The van der Waals surface area contributed by atoms with Gasteiger partial charge >= 0.3 is 6.18 Å². The molecule has 3 heterocycles. The standard InChI is InChI=1S/C22H24F3N5O2/c1-12-10-14(32-5)6-7-15(12)21(31)30-9-8-16-19(13(30)2)27-29(4)20(16)17-11-18(22(23,24)25)26-28(17)3/h6-7,10-11,13H,8-9H2,1-5H3/t13-/m0/s1. The van der Waals surface area contributed by atoms with E-state index in [0.717, 1.165) is 17.2 Å². The van der Waals surface area contributed by atoms with Crippen LogP contribution in [0.15, 0.2) is 24.3 Å². The van der Waals surface area contributed by atoms with Gasteiger partial charge in [-0.1, -0.05) is 0 Å². The van der Waals surface area contributed by atoms with Crippen LogP contribution >= 0.6 is 0 Å². The Morgan fingerprint density at radius 3 is 2.47 bits per heavy atom. The third-order valence-electron chi connectivity index (χ3n) is 5.98. The van der Waals surface area contributed by atoms with Crippen LogP contribution in [0.3, 0.4) is 0 Å². The van der Waals surface area contributed by atoms with Crippen LogP contribution in [0.4, 0.5) is 13.2 Å². The quantitative estimate of drug-likeness (QED) is 0.611. The van der Waals surface area contributed by atoms with Crippen LogP contribution < -0.4 is 4.74 Å². The van der Waals surface area contributed by atoms with E-state index in [1.807, 2.05) is 19.9 Å². The lowest BCUT2D eigenvalue weighted by Crippen LogP contribution is -2.39. The number of methoxy groups -OCH3 is 1. The molecule has 7 nitrogen and oxygen atoms in total. The van der Waals surface area contributed by atoms with E-state index in [-0.39, 0.29) is 11.9 Å². The van der Waals surface area contributed by atoms with E-state index in [4.69, 9.17) is 4.74 Å². The fourth-order valence-electron chi connectivity index (χ4n) is 4.33. The highest BCUT2D eigenvalue weighted by molar-refractivity contribution is 5.96. The van der Waals surface area contributed by atoms with Crippen LogP contribution in [-0.4, -0.2) is 44.0 Å². The van der Waals surface area contributed by atoms with Crippen molar-refractivity contribution < 1.29 is 22.7 Å². The largest absolute Gasteiger partial charge is 0.497 e. The molecule has 0 saturated heterocycles. The zero-order valence-corrected chi connectivity index (χ0v) is 18.5. The molecule has 1 aliphatic heterocycles. The van der Waals surface area contributed by atoms with Gasteiger partial charge in [0.05, 0.1) is 30.2 Å². The van der Waals surface area contributed by atoms with Crippen LogP contribution in [0.1, 0.15) is 45.8 Å². The molecule has 3 aromatic rings. The molecule has 0 saturated carbocycles. The summed E-state index contributed by atoms with van der Waals surface area (Å²) >= 11 is 0. The second kappa shape index (κ2) is 7.68. The number of rotatable bonds is 3. The second-order valence-electron chi connectivity index (χ2n) is 7.98. The van der Waals surface area contributed by atoms with Crippen LogP contribution in [0.5, 0.6) is 5.75 Å². The lowest BCUT2D eigenvalue weighted by molar-refractivity contribution is -0.141. The molecule has 1 aromatic carbocycles. The molecule has 10 heteroatoms.